The van der Waals surface area contributed by atoms with Gasteiger partial charge in [0, 0.05) is 18.2 Å². The molecule has 0 unspecified atom stereocenters. The maximum Gasteiger partial charge on any atom is 0.247 e. The summed E-state index contributed by atoms with van der Waals surface area (Å²) in [4.78, 5) is 55.0. The SMILES string of the molecule is CC(=O)Nc1ccc([C@H](C(=O)NC(C)(C)C)N2C(=O)[C@@H](C3Cc4ccccc4C3)NC(=O)[C@H]2CC(C)C)cc1. The predicted octanol–water partition coefficient (Wildman–Crippen LogP) is 3.76. The summed E-state index contributed by atoms with van der Waals surface area (Å²) in [7, 11) is 0. The van der Waals surface area contributed by atoms with E-state index in [-0.39, 0.29) is 35.5 Å². The number of anilines is 1. The van der Waals surface area contributed by atoms with Gasteiger partial charge in [-0.2, -0.15) is 0 Å². The van der Waals surface area contributed by atoms with Crippen LogP contribution < -0.4 is 16.0 Å². The third kappa shape index (κ3) is 6.49. The van der Waals surface area contributed by atoms with Gasteiger partial charge in [-0.25, -0.2) is 0 Å². The highest BCUT2D eigenvalue weighted by molar-refractivity contribution is 6.00. The van der Waals surface area contributed by atoms with Gasteiger partial charge in [0.2, 0.25) is 23.6 Å². The Morgan fingerprint density at radius 3 is 2.10 bits per heavy atom. The van der Waals surface area contributed by atoms with Crippen molar-refractivity contribution < 1.29 is 19.2 Å². The Morgan fingerprint density at radius 2 is 1.59 bits per heavy atom. The summed E-state index contributed by atoms with van der Waals surface area (Å²) in [6, 6.07) is 12.5. The van der Waals surface area contributed by atoms with Crippen molar-refractivity contribution in [2.24, 2.45) is 11.8 Å². The first-order valence-corrected chi connectivity index (χ1v) is 13.7. The van der Waals surface area contributed by atoms with Gasteiger partial charge < -0.3 is 20.9 Å². The molecule has 0 saturated carbocycles. The van der Waals surface area contributed by atoms with E-state index >= 15 is 0 Å². The molecule has 2 aliphatic rings. The Hall–Kier alpha value is -3.68. The topological polar surface area (TPSA) is 108 Å². The number of benzene rings is 2. The Bertz CT molecular complexity index is 1220. The fraction of sp³-hybridized carbons (Fsp3) is 0.484. The molecule has 39 heavy (non-hydrogen) atoms. The van der Waals surface area contributed by atoms with Crippen LogP contribution in [0.2, 0.25) is 0 Å². The Kier molecular flexibility index (Phi) is 8.14. The van der Waals surface area contributed by atoms with E-state index in [0.717, 1.165) is 0 Å². The number of rotatable bonds is 7. The van der Waals surface area contributed by atoms with E-state index in [0.29, 0.717) is 30.5 Å². The van der Waals surface area contributed by atoms with Crippen LogP contribution >= 0.6 is 0 Å². The van der Waals surface area contributed by atoms with E-state index < -0.39 is 23.7 Å². The molecular weight excluding hydrogens is 492 g/mol. The summed E-state index contributed by atoms with van der Waals surface area (Å²) in [5.41, 5.74) is 3.00. The summed E-state index contributed by atoms with van der Waals surface area (Å²) in [6.45, 7) is 11.1. The smallest absolute Gasteiger partial charge is 0.247 e. The molecule has 0 aromatic heterocycles. The molecule has 3 N–H and O–H groups in total. The van der Waals surface area contributed by atoms with Gasteiger partial charge in [0.1, 0.15) is 18.1 Å². The van der Waals surface area contributed by atoms with E-state index in [1.54, 1.807) is 24.3 Å². The zero-order valence-electron chi connectivity index (χ0n) is 23.7. The van der Waals surface area contributed by atoms with Crippen molar-refractivity contribution >= 4 is 29.3 Å². The minimum Gasteiger partial charge on any atom is -0.349 e. The maximum atomic E-state index is 14.4. The number of piperazine rings is 1. The van der Waals surface area contributed by atoms with Crippen molar-refractivity contribution in [3.05, 3.63) is 65.2 Å². The van der Waals surface area contributed by atoms with E-state index in [1.807, 2.05) is 46.8 Å². The monoisotopic (exact) mass is 532 g/mol. The fourth-order valence-corrected chi connectivity index (χ4v) is 5.70. The normalized spacial score (nSPS) is 20.4. The third-order valence-electron chi connectivity index (χ3n) is 7.28. The molecule has 2 aromatic rings. The van der Waals surface area contributed by atoms with Crippen molar-refractivity contribution in [3.63, 3.8) is 0 Å². The molecule has 208 valence electrons. The van der Waals surface area contributed by atoms with Gasteiger partial charge in [0.15, 0.2) is 0 Å². The molecule has 1 heterocycles. The number of nitrogens with one attached hydrogen (secondary N) is 3. The molecule has 1 saturated heterocycles. The Labute approximate surface area is 230 Å². The van der Waals surface area contributed by atoms with Gasteiger partial charge in [0.25, 0.3) is 0 Å². The average molecular weight is 533 g/mol. The second-order valence-electron chi connectivity index (χ2n) is 12.3. The molecule has 2 aromatic carbocycles. The molecule has 8 heteroatoms. The van der Waals surface area contributed by atoms with Crippen molar-refractivity contribution in [2.45, 2.75) is 84.5 Å². The van der Waals surface area contributed by atoms with E-state index in [2.05, 4.69) is 28.1 Å². The lowest BCUT2D eigenvalue weighted by Crippen LogP contribution is -2.67. The number of hydrogen-bond acceptors (Lipinski definition) is 4. The van der Waals surface area contributed by atoms with Crippen molar-refractivity contribution in [1.29, 1.82) is 0 Å². The maximum absolute atomic E-state index is 14.4. The van der Waals surface area contributed by atoms with Crippen LogP contribution in [0.4, 0.5) is 5.69 Å². The standard InChI is InChI=1S/C31H40N4O4/c1-18(2)15-25-28(37)33-26(23-16-21-9-7-8-10-22(21)17-23)30(39)35(25)27(29(38)34-31(4,5)6)20-11-13-24(14-12-20)32-19(3)36/h7-14,18,23,25-27H,15-17H2,1-6H3,(H,32,36)(H,33,37)(H,34,38)/t25-,26-,27-/m1/s1. The third-order valence-corrected chi connectivity index (χ3v) is 7.28. The second kappa shape index (κ2) is 11.2. The van der Waals surface area contributed by atoms with Crippen LogP contribution in [0.25, 0.3) is 0 Å². The number of amides is 4. The molecule has 0 radical (unpaired) electrons. The summed E-state index contributed by atoms with van der Waals surface area (Å²) >= 11 is 0. The van der Waals surface area contributed by atoms with Gasteiger partial charge in [-0.15, -0.1) is 0 Å². The largest absolute Gasteiger partial charge is 0.349 e. The molecule has 0 spiro atoms. The minimum absolute atomic E-state index is 0.0881. The van der Waals surface area contributed by atoms with Crippen LogP contribution in [0.1, 0.15) is 70.7 Å². The van der Waals surface area contributed by atoms with Crippen LogP contribution in [-0.4, -0.2) is 46.2 Å². The number of fused-ring (bicyclic) bond motifs is 1. The van der Waals surface area contributed by atoms with Crippen LogP contribution in [-0.2, 0) is 32.0 Å². The lowest BCUT2D eigenvalue weighted by molar-refractivity contribution is -0.158. The lowest BCUT2D eigenvalue weighted by Gasteiger charge is -2.45. The van der Waals surface area contributed by atoms with Crippen LogP contribution in [0.5, 0.6) is 0 Å². The molecular formula is C31H40N4O4. The van der Waals surface area contributed by atoms with Crippen LogP contribution in [0.15, 0.2) is 48.5 Å². The number of carbonyl (C=O) groups is 4. The quantitative estimate of drug-likeness (QED) is 0.505. The zero-order valence-corrected chi connectivity index (χ0v) is 23.7. The van der Waals surface area contributed by atoms with Crippen LogP contribution in [0, 0.1) is 11.8 Å². The highest BCUT2D eigenvalue weighted by Crippen LogP contribution is 2.35. The molecule has 0 bridgehead atoms. The summed E-state index contributed by atoms with van der Waals surface area (Å²) in [5.74, 6) is -0.984. The van der Waals surface area contributed by atoms with Gasteiger partial charge in [-0.3, -0.25) is 19.2 Å². The second-order valence-corrected chi connectivity index (χ2v) is 12.3. The van der Waals surface area contributed by atoms with Gasteiger partial charge >= 0.3 is 0 Å². The van der Waals surface area contributed by atoms with E-state index in [9.17, 15) is 19.2 Å². The van der Waals surface area contributed by atoms with Gasteiger partial charge in [0.05, 0.1) is 0 Å². The molecule has 1 aliphatic carbocycles. The first kappa shape index (κ1) is 28.3. The average Bonchev–Trinajstić information content (AvgIpc) is 3.26. The van der Waals surface area contributed by atoms with Crippen LogP contribution in [0.3, 0.4) is 0 Å². The first-order valence-electron chi connectivity index (χ1n) is 13.7. The van der Waals surface area contributed by atoms with Crippen molar-refractivity contribution in [1.82, 2.24) is 15.5 Å². The van der Waals surface area contributed by atoms with Gasteiger partial charge in [-0.1, -0.05) is 50.2 Å². The van der Waals surface area contributed by atoms with E-state index in [1.165, 1.54) is 23.0 Å². The molecule has 3 atom stereocenters. The highest BCUT2D eigenvalue weighted by atomic mass is 16.2. The fourth-order valence-electron chi connectivity index (χ4n) is 5.70. The zero-order chi connectivity index (χ0) is 28.5. The predicted molar refractivity (Wildman–Crippen MR) is 151 cm³/mol. The van der Waals surface area contributed by atoms with E-state index in [4.69, 9.17) is 0 Å². The summed E-state index contributed by atoms with van der Waals surface area (Å²) in [6.07, 6.45) is 1.82. The molecule has 4 rings (SSSR count). The molecule has 1 fully saturated rings. The summed E-state index contributed by atoms with van der Waals surface area (Å²) in [5, 5.41) is 8.82. The highest BCUT2D eigenvalue weighted by Gasteiger charge is 2.49. The number of hydrogen-bond donors (Lipinski definition) is 3. The van der Waals surface area contributed by atoms with Gasteiger partial charge in [-0.05, 0) is 80.7 Å². The first-order chi connectivity index (χ1) is 18.3. The lowest BCUT2D eigenvalue weighted by atomic mass is 9.87. The number of nitrogens with zero attached hydrogens (tertiary/aromatic N) is 1. The summed E-state index contributed by atoms with van der Waals surface area (Å²) < 4.78 is 0. The van der Waals surface area contributed by atoms with Crippen molar-refractivity contribution in [3.8, 4) is 0 Å². The Balaban J connectivity index is 1.76. The number of carbonyl (C=O) groups excluding carboxylic acids is 4. The molecule has 1 aliphatic heterocycles. The minimum atomic E-state index is -1.01. The Morgan fingerprint density at radius 1 is 1.00 bits per heavy atom. The van der Waals surface area contributed by atoms with Crippen molar-refractivity contribution in [2.75, 3.05) is 5.32 Å². The molecule has 8 nitrogen and oxygen atoms in total. The molecule has 4 amide bonds.